The summed E-state index contributed by atoms with van der Waals surface area (Å²) in [4.78, 5) is 28.5. The molecule has 220 valence electrons. The summed E-state index contributed by atoms with van der Waals surface area (Å²) in [6, 6.07) is 17.0. The maximum atomic E-state index is 14.0. The van der Waals surface area contributed by atoms with E-state index >= 15 is 0 Å². The summed E-state index contributed by atoms with van der Waals surface area (Å²) in [5.74, 6) is -0.353. The van der Waals surface area contributed by atoms with E-state index in [9.17, 15) is 18.0 Å². The van der Waals surface area contributed by atoms with Crippen LogP contribution in [0.25, 0.3) is 0 Å². The monoisotopic (exact) mass is 619 g/mol. The molecule has 41 heavy (non-hydrogen) atoms. The van der Waals surface area contributed by atoms with Crippen molar-refractivity contribution in [2.75, 3.05) is 24.0 Å². The van der Waals surface area contributed by atoms with Crippen LogP contribution < -0.4 is 14.4 Å². The molecule has 0 aliphatic rings. The average Bonchev–Trinajstić information content (AvgIpc) is 2.94. The Labute approximate surface area is 252 Å². The molecule has 0 heterocycles. The molecule has 11 heteroatoms. The summed E-state index contributed by atoms with van der Waals surface area (Å²) < 4.78 is 34.5. The number of rotatable bonds is 13. The first-order valence-electron chi connectivity index (χ1n) is 13.3. The van der Waals surface area contributed by atoms with Crippen LogP contribution in [0.2, 0.25) is 10.0 Å². The molecule has 0 aromatic heterocycles. The van der Waals surface area contributed by atoms with Gasteiger partial charge >= 0.3 is 0 Å². The summed E-state index contributed by atoms with van der Waals surface area (Å²) in [6.07, 6.45) is 0.315. The number of amides is 2. The summed E-state index contributed by atoms with van der Waals surface area (Å²) in [5, 5.41) is 3.44. The number of hydrogen-bond donors (Lipinski definition) is 1. The van der Waals surface area contributed by atoms with E-state index in [1.54, 1.807) is 68.4 Å². The second-order valence-electron chi connectivity index (χ2n) is 9.34. The number of nitrogens with zero attached hydrogens (tertiary/aromatic N) is 2. The van der Waals surface area contributed by atoms with E-state index < -0.39 is 28.5 Å². The van der Waals surface area contributed by atoms with Gasteiger partial charge in [-0.2, -0.15) is 0 Å². The minimum absolute atomic E-state index is 0.00105. The molecule has 0 fully saturated rings. The fourth-order valence-electron chi connectivity index (χ4n) is 4.29. The molecule has 1 N–H and O–H groups in total. The fraction of sp³-hybridized carbons (Fsp3) is 0.333. The molecular formula is C30H35Cl2N3O5S. The van der Waals surface area contributed by atoms with Gasteiger partial charge in [0.15, 0.2) is 0 Å². The predicted octanol–water partition coefficient (Wildman–Crippen LogP) is 5.84. The van der Waals surface area contributed by atoms with Crippen molar-refractivity contribution in [3.05, 3.63) is 87.9 Å². The third-order valence-electron chi connectivity index (χ3n) is 6.40. The highest BCUT2D eigenvalue weighted by molar-refractivity contribution is 7.92. The first-order valence-corrected chi connectivity index (χ1v) is 15.5. The van der Waals surface area contributed by atoms with Crippen LogP contribution >= 0.6 is 23.2 Å². The molecule has 3 aromatic carbocycles. The van der Waals surface area contributed by atoms with Crippen LogP contribution in [0, 0.1) is 6.92 Å². The van der Waals surface area contributed by atoms with Crippen LogP contribution in [0.1, 0.15) is 38.3 Å². The number of likely N-dealkylation sites (N-methyl/N-ethyl adjacent to an activating group) is 1. The van der Waals surface area contributed by atoms with Crippen LogP contribution in [0.15, 0.2) is 71.6 Å². The van der Waals surface area contributed by atoms with Crippen molar-refractivity contribution in [2.45, 2.75) is 51.6 Å². The van der Waals surface area contributed by atoms with Gasteiger partial charge in [-0.05, 0) is 81.3 Å². The molecule has 3 aromatic rings. The number of nitrogens with one attached hydrogen (secondary N) is 1. The second kappa shape index (κ2) is 14.6. The molecule has 1 atom stereocenters. The zero-order valence-corrected chi connectivity index (χ0v) is 25.9. The Kier molecular flexibility index (Phi) is 11.5. The van der Waals surface area contributed by atoms with Crippen LogP contribution in [-0.2, 0) is 26.2 Å². The summed E-state index contributed by atoms with van der Waals surface area (Å²) in [6.45, 7) is 7.62. The van der Waals surface area contributed by atoms with Gasteiger partial charge in [0, 0.05) is 13.1 Å². The molecule has 8 nitrogen and oxygen atoms in total. The molecule has 0 saturated heterocycles. The zero-order chi connectivity index (χ0) is 30.2. The first kappa shape index (κ1) is 32.2. The summed E-state index contributed by atoms with van der Waals surface area (Å²) in [7, 11) is -4.18. The van der Waals surface area contributed by atoms with E-state index in [-0.39, 0.29) is 17.3 Å². The lowest BCUT2D eigenvalue weighted by Gasteiger charge is -2.33. The van der Waals surface area contributed by atoms with E-state index in [4.69, 9.17) is 27.9 Å². The van der Waals surface area contributed by atoms with Crippen molar-refractivity contribution in [1.82, 2.24) is 10.2 Å². The highest BCUT2D eigenvalue weighted by Crippen LogP contribution is 2.28. The number of carbonyl (C=O) groups excluding carboxylic acids is 2. The maximum absolute atomic E-state index is 14.0. The lowest BCUT2D eigenvalue weighted by atomic mass is 10.1. The normalized spacial score (nSPS) is 12.0. The Morgan fingerprint density at radius 1 is 0.927 bits per heavy atom. The van der Waals surface area contributed by atoms with E-state index in [0.717, 1.165) is 9.87 Å². The molecule has 3 rings (SSSR count). The molecule has 1 unspecified atom stereocenters. The van der Waals surface area contributed by atoms with Gasteiger partial charge in [0.2, 0.25) is 11.8 Å². The summed E-state index contributed by atoms with van der Waals surface area (Å²) >= 11 is 12.3. The number of ether oxygens (including phenoxy) is 1. The number of benzene rings is 3. The van der Waals surface area contributed by atoms with Gasteiger partial charge in [0.25, 0.3) is 10.0 Å². The van der Waals surface area contributed by atoms with Crippen molar-refractivity contribution < 1.29 is 22.7 Å². The van der Waals surface area contributed by atoms with Gasteiger partial charge < -0.3 is 15.0 Å². The Balaban J connectivity index is 2.05. The van der Waals surface area contributed by atoms with Gasteiger partial charge in [-0.1, -0.05) is 53.9 Å². The van der Waals surface area contributed by atoms with Gasteiger partial charge in [0.1, 0.15) is 18.3 Å². The third kappa shape index (κ3) is 8.15. The number of anilines is 1. The Bertz CT molecular complexity index is 1450. The second-order valence-corrected chi connectivity index (χ2v) is 12.0. The quantitative estimate of drug-likeness (QED) is 0.259. The third-order valence-corrected chi connectivity index (χ3v) is 8.92. The first-order chi connectivity index (χ1) is 19.5. The fourth-order valence-corrected chi connectivity index (χ4v) is 6.02. The lowest BCUT2D eigenvalue weighted by molar-refractivity contribution is -0.140. The number of carbonyl (C=O) groups is 2. The van der Waals surface area contributed by atoms with Crippen LogP contribution in [0.3, 0.4) is 0 Å². The highest BCUT2D eigenvalue weighted by Gasteiger charge is 2.33. The SMILES string of the molecule is CCNC(=O)C(CC)N(Cc1ccc(Cl)c(Cl)c1)C(=O)CN(c1ccc(C)cc1)S(=O)(=O)c1ccc(OCC)cc1. The number of sulfonamides is 1. The van der Waals surface area contributed by atoms with E-state index in [2.05, 4.69) is 5.32 Å². The van der Waals surface area contributed by atoms with Crippen LogP contribution in [-0.4, -0.2) is 50.9 Å². The van der Waals surface area contributed by atoms with Crippen molar-refractivity contribution in [2.24, 2.45) is 0 Å². The lowest BCUT2D eigenvalue weighted by Crippen LogP contribution is -2.52. The van der Waals surface area contributed by atoms with E-state index in [0.29, 0.717) is 46.6 Å². The van der Waals surface area contributed by atoms with Gasteiger partial charge in [-0.25, -0.2) is 8.42 Å². The molecule has 0 aliphatic heterocycles. The smallest absolute Gasteiger partial charge is 0.264 e. The van der Waals surface area contributed by atoms with Crippen molar-refractivity contribution in [3.63, 3.8) is 0 Å². The standard InChI is InChI=1S/C30H35Cl2N3O5S/c1-5-28(30(37)33-6-2)34(19-22-10-17-26(31)27(32)18-22)29(36)20-35(23-11-8-21(4)9-12-23)41(38,39)25-15-13-24(14-16-25)40-7-3/h8-18,28H,5-7,19-20H2,1-4H3,(H,33,37). The maximum Gasteiger partial charge on any atom is 0.264 e. The zero-order valence-electron chi connectivity index (χ0n) is 23.6. The Hall–Kier alpha value is -3.27. The molecule has 0 aliphatic carbocycles. The molecule has 0 radical (unpaired) electrons. The van der Waals surface area contributed by atoms with Crippen molar-refractivity contribution in [1.29, 1.82) is 0 Å². The predicted molar refractivity (Wildman–Crippen MR) is 163 cm³/mol. The summed E-state index contributed by atoms with van der Waals surface area (Å²) in [5.41, 5.74) is 1.90. The molecular weight excluding hydrogens is 585 g/mol. The highest BCUT2D eigenvalue weighted by atomic mass is 35.5. The molecule has 0 saturated carbocycles. The number of halogens is 2. The van der Waals surface area contributed by atoms with Gasteiger partial charge in [-0.15, -0.1) is 0 Å². The van der Waals surface area contributed by atoms with E-state index in [1.165, 1.54) is 17.0 Å². The molecule has 2 amide bonds. The van der Waals surface area contributed by atoms with Crippen LogP contribution in [0.5, 0.6) is 5.75 Å². The minimum atomic E-state index is -4.18. The van der Waals surface area contributed by atoms with Crippen molar-refractivity contribution in [3.8, 4) is 5.75 Å². The van der Waals surface area contributed by atoms with E-state index in [1.807, 2.05) is 13.8 Å². The number of aryl methyl sites for hydroxylation is 1. The number of hydrogen-bond acceptors (Lipinski definition) is 5. The van der Waals surface area contributed by atoms with Gasteiger partial charge in [-0.3, -0.25) is 13.9 Å². The van der Waals surface area contributed by atoms with Gasteiger partial charge in [0.05, 0.1) is 27.2 Å². The Morgan fingerprint density at radius 3 is 2.15 bits per heavy atom. The topological polar surface area (TPSA) is 96.0 Å². The largest absolute Gasteiger partial charge is 0.494 e. The molecule has 0 bridgehead atoms. The minimum Gasteiger partial charge on any atom is -0.494 e. The van der Waals surface area contributed by atoms with Crippen LogP contribution in [0.4, 0.5) is 5.69 Å². The Morgan fingerprint density at radius 2 is 1.59 bits per heavy atom. The average molecular weight is 621 g/mol. The molecule has 0 spiro atoms. The van der Waals surface area contributed by atoms with Crippen molar-refractivity contribution >= 4 is 50.7 Å².